The second-order valence-electron chi connectivity index (χ2n) is 5.49. The van der Waals surface area contributed by atoms with Crippen LogP contribution in [0, 0.1) is 13.8 Å². The zero-order chi connectivity index (χ0) is 12.6. The van der Waals surface area contributed by atoms with Gasteiger partial charge in [-0.05, 0) is 49.7 Å². The van der Waals surface area contributed by atoms with Gasteiger partial charge < -0.3 is 4.74 Å². The summed E-state index contributed by atoms with van der Waals surface area (Å²) in [6.45, 7) is 6.66. The van der Waals surface area contributed by atoms with Crippen LogP contribution in [0.2, 0.25) is 0 Å². The van der Waals surface area contributed by atoms with Gasteiger partial charge in [0.15, 0.2) is 0 Å². The molecular formula is C15H21BrO. The molecule has 1 fully saturated rings. The van der Waals surface area contributed by atoms with Gasteiger partial charge in [-0.25, -0.2) is 0 Å². The number of aryl methyl sites for hydroxylation is 1. The Hall–Kier alpha value is -0.500. The highest BCUT2D eigenvalue weighted by molar-refractivity contribution is 9.09. The van der Waals surface area contributed by atoms with Crippen LogP contribution in [0.4, 0.5) is 0 Å². The van der Waals surface area contributed by atoms with Crippen LogP contribution in [0.3, 0.4) is 0 Å². The maximum Gasteiger partial charge on any atom is 0.125 e. The summed E-state index contributed by atoms with van der Waals surface area (Å²) in [7, 11) is 1.79. The van der Waals surface area contributed by atoms with Gasteiger partial charge in [-0.1, -0.05) is 35.0 Å². The molecule has 1 aromatic rings. The third-order valence-corrected chi connectivity index (χ3v) is 4.99. The maximum atomic E-state index is 5.65. The number of halogens is 1. The summed E-state index contributed by atoms with van der Waals surface area (Å²) in [5.41, 5.74) is 4.23. The van der Waals surface area contributed by atoms with Crippen LogP contribution < -0.4 is 4.74 Å². The topological polar surface area (TPSA) is 9.23 Å². The first-order chi connectivity index (χ1) is 7.98. The van der Waals surface area contributed by atoms with Gasteiger partial charge in [0, 0.05) is 10.4 Å². The summed E-state index contributed by atoms with van der Waals surface area (Å²) < 4.78 is 5.65. The zero-order valence-electron chi connectivity index (χ0n) is 11.1. The largest absolute Gasteiger partial charge is 0.496 e. The van der Waals surface area contributed by atoms with Crippen molar-refractivity contribution in [3.05, 3.63) is 28.8 Å². The molecule has 0 saturated heterocycles. The highest BCUT2D eigenvalue weighted by atomic mass is 79.9. The van der Waals surface area contributed by atoms with Crippen molar-refractivity contribution in [2.75, 3.05) is 7.11 Å². The molecular weight excluding hydrogens is 276 g/mol. The predicted molar refractivity (Wildman–Crippen MR) is 76.4 cm³/mol. The lowest BCUT2D eigenvalue weighted by Gasteiger charge is -2.28. The SMILES string of the molecule is COc1c(C2(C)CCC(Br)C2)ccc(C)c1C. The number of ether oxygens (including phenoxy) is 1. The van der Waals surface area contributed by atoms with E-state index < -0.39 is 0 Å². The molecule has 0 aliphatic heterocycles. The van der Waals surface area contributed by atoms with Crippen molar-refractivity contribution in [3.63, 3.8) is 0 Å². The van der Waals surface area contributed by atoms with Crippen LogP contribution in [0.5, 0.6) is 5.75 Å². The molecule has 1 aromatic carbocycles. The summed E-state index contributed by atoms with van der Waals surface area (Å²) >= 11 is 3.75. The Morgan fingerprint density at radius 2 is 2.06 bits per heavy atom. The van der Waals surface area contributed by atoms with E-state index in [1.807, 2.05) is 0 Å². The molecule has 1 aliphatic rings. The van der Waals surface area contributed by atoms with Crippen LogP contribution in [-0.4, -0.2) is 11.9 Å². The van der Waals surface area contributed by atoms with Gasteiger partial charge >= 0.3 is 0 Å². The summed E-state index contributed by atoms with van der Waals surface area (Å²) in [4.78, 5) is 0.652. The number of hydrogen-bond acceptors (Lipinski definition) is 1. The monoisotopic (exact) mass is 296 g/mol. The molecule has 94 valence electrons. The van der Waals surface area contributed by atoms with Gasteiger partial charge in [-0.15, -0.1) is 0 Å². The molecule has 0 N–H and O–H groups in total. The molecule has 1 saturated carbocycles. The number of methoxy groups -OCH3 is 1. The summed E-state index contributed by atoms with van der Waals surface area (Å²) in [5, 5.41) is 0. The Morgan fingerprint density at radius 3 is 2.59 bits per heavy atom. The maximum absolute atomic E-state index is 5.65. The Labute approximate surface area is 113 Å². The smallest absolute Gasteiger partial charge is 0.125 e. The molecule has 0 aromatic heterocycles. The van der Waals surface area contributed by atoms with Crippen molar-refractivity contribution in [1.29, 1.82) is 0 Å². The molecule has 2 heteroatoms. The Morgan fingerprint density at radius 1 is 1.35 bits per heavy atom. The first-order valence-electron chi connectivity index (χ1n) is 6.26. The van der Waals surface area contributed by atoms with Crippen molar-refractivity contribution in [3.8, 4) is 5.75 Å². The summed E-state index contributed by atoms with van der Waals surface area (Å²) in [6, 6.07) is 4.48. The average Bonchev–Trinajstić information content (AvgIpc) is 2.63. The Bertz CT molecular complexity index is 427. The fourth-order valence-electron chi connectivity index (χ4n) is 2.94. The minimum atomic E-state index is 0.262. The van der Waals surface area contributed by atoms with E-state index in [1.54, 1.807) is 7.11 Å². The highest BCUT2D eigenvalue weighted by Crippen LogP contribution is 2.47. The standard InChI is InChI=1S/C15H21BrO/c1-10-5-6-13(14(17-4)11(10)2)15(3)8-7-12(16)9-15/h5-6,12H,7-9H2,1-4H3. The molecule has 1 nitrogen and oxygen atoms in total. The molecule has 2 unspecified atom stereocenters. The Kier molecular flexibility index (Phi) is 3.53. The molecule has 0 spiro atoms. The van der Waals surface area contributed by atoms with E-state index in [0.717, 1.165) is 5.75 Å². The molecule has 0 bridgehead atoms. The lowest BCUT2D eigenvalue weighted by molar-refractivity contribution is 0.383. The molecule has 1 aliphatic carbocycles. The lowest BCUT2D eigenvalue weighted by Crippen LogP contribution is -2.19. The predicted octanol–water partition coefficient (Wildman–Crippen LogP) is 4.52. The quantitative estimate of drug-likeness (QED) is 0.729. The van der Waals surface area contributed by atoms with E-state index in [9.17, 15) is 0 Å². The average molecular weight is 297 g/mol. The first-order valence-corrected chi connectivity index (χ1v) is 7.18. The van der Waals surface area contributed by atoms with E-state index in [4.69, 9.17) is 4.74 Å². The van der Waals surface area contributed by atoms with Crippen LogP contribution in [0.1, 0.15) is 42.9 Å². The molecule has 0 radical (unpaired) electrons. The van der Waals surface area contributed by atoms with Gasteiger partial charge in [0.1, 0.15) is 5.75 Å². The molecule has 0 heterocycles. The second kappa shape index (κ2) is 4.64. The fourth-order valence-corrected chi connectivity index (χ4v) is 3.88. The van der Waals surface area contributed by atoms with Gasteiger partial charge in [0.05, 0.1) is 7.11 Å². The van der Waals surface area contributed by atoms with E-state index >= 15 is 0 Å². The molecule has 17 heavy (non-hydrogen) atoms. The van der Waals surface area contributed by atoms with Crippen LogP contribution in [0.25, 0.3) is 0 Å². The van der Waals surface area contributed by atoms with E-state index in [0.29, 0.717) is 4.83 Å². The van der Waals surface area contributed by atoms with Crippen molar-refractivity contribution >= 4 is 15.9 Å². The first kappa shape index (κ1) is 12.9. The van der Waals surface area contributed by atoms with Gasteiger partial charge in [-0.3, -0.25) is 0 Å². The van der Waals surface area contributed by atoms with Gasteiger partial charge in [0.25, 0.3) is 0 Å². The van der Waals surface area contributed by atoms with Gasteiger partial charge in [0.2, 0.25) is 0 Å². The highest BCUT2D eigenvalue weighted by Gasteiger charge is 2.37. The van der Waals surface area contributed by atoms with E-state index in [1.165, 1.54) is 36.0 Å². The van der Waals surface area contributed by atoms with Gasteiger partial charge in [-0.2, -0.15) is 0 Å². The third kappa shape index (κ3) is 2.24. The van der Waals surface area contributed by atoms with Crippen molar-refractivity contribution < 1.29 is 4.74 Å². The van der Waals surface area contributed by atoms with Crippen molar-refractivity contribution in [2.24, 2.45) is 0 Å². The zero-order valence-corrected chi connectivity index (χ0v) is 12.7. The summed E-state index contributed by atoms with van der Waals surface area (Å²) in [5.74, 6) is 1.09. The van der Waals surface area contributed by atoms with E-state index in [2.05, 4.69) is 48.8 Å². The molecule has 2 atom stereocenters. The Balaban J connectivity index is 2.49. The number of benzene rings is 1. The van der Waals surface area contributed by atoms with Crippen LogP contribution in [-0.2, 0) is 5.41 Å². The number of hydrogen-bond donors (Lipinski definition) is 0. The number of alkyl halides is 1. The van der Waals surface area contributed by atoms with E-state index in [-0.39, 0.29) is 5.41 Å². The van der Waals surface area contributed by atoms with Crippen molar-refractivity contribution in [1.82, 2.24) is 0 Å². The molecule has 2 rings (SSSR count). The second-order valence-corrected chi connectivity index (χ2v) is 6.78. The van der Waals surface area contributed by atoms with Crippen LogP contribution in [0.15, 0.2) is 12.1 Å². The van der Waals surface area contributed by atoms with Crippen LogP contribution >= 0.6 is 15.9 Å². The minimum Gasteiger partial charge on any atom is -0.496 e. The fraction of sp³-hybridized carbons (Fsp3) is 0.600. The molecule has 0 amide bonds. The number of rotatable bonds is 2. The lowest BCUT2D eigenvalue weighted by atomic mass is 9.79. The normalized spacial score (nSPS) is 28.4. The minimum absolute atomic E-state index is 0.262. The summed E-state index contributed by atoms with van der Waals surface area (Å²) in [6.07, 6.45) is 3.69. The third-order valence-electron chi connectivity index (χ3n) is 4.21. The van der Waals surface area contributed by atoms with Crippen molar-refractivity contribution in [2.45, 2.75) is 50.3 Å².